The van der Waals surface area contributed by atoms with E-state index in [0.29, 0.717) is 13.2 Å². The second-order valence-corrected chi connectivity index (χ2v) is 5.05. The van der Waals surface area contributed by atoms with Crippen molar-refractivity contribution < 1.29 is 9.53 Å². The fourth-order valence-electron chi connectivity index (χ4n) is 2.21. The fraction of sp³-hybridized carbons (Fsp3) is 0.923. The summed E-state index contributed by atoms with van der Waals surface area (Å²) in [5.74, 6) is 0.863. The molecule has 1 saturated heterocycles. The molecule has 1 fully saturated rings. The molecule has 5 nitrogen and oxygen atoms in total. The van der Waals surface area contributed by atoms with Crippen molar-refractivity contribution >= 4 is 5.91 Å². The number of rotatable bonds is 8. The molecular weight excluding hydrogens is 230 g/mol. The van der Waals surface area contributed by atoms with Crippen molar-refractivity contribution in [3.8, 4) is 0 Å². The lowest BCUT2D eigenvalue weighted by Crippen LogP contribution is -2.37. The van der Waals surface area contributed by atoms with Crippen molar-refractivity contribution in [2.24, 2.45) is 5.92 Å². The molecule has 5 heteroatoms. The standard InChI is InChI=1S/C13H27N3O2/c1-16-8-4-12(5-9-16)3-6-15-13(17)11-14-7-10-18-2/h12,14H,3-11H2,1-2H3,(H,15,17). The lowest BCUT2D eigenvalue weighted by Gasteiger charge is -2.28. The first kappa shape index (κ1) is 15.4. The van der Waals surface area contributed by atoms with Gasteiger partial charge in [0.25, 0.3) is 0 Å². The third kappa shape index (κ3) is 6.93. The van der Waals surface area contributed by atoms with Gasteiger partial charge in [-0.1, -0.05) is 0 Å². The minimum absolute atomic E-state index is 0.0824. The quantitative estimate of drug-likeness (QED) is 0.604. The second kappa shape index (κ2) is 9.30. The predicted molar refractivity (Wildman–Crippen MR) is 72.6 cm³/mol. The summed E-state index contributed by atoms with van der Waals surface area (Å²) in [5.41, 5.74) is 0. The van der Waals surface area contributed by atoms with Crippen LogP contribution in [0.15, 0.2) is 0 Å². The van der Waals surface area contributed by atoms with Crippen LogP contribution in [0, 0.1) is 5.92 Å². The SMILES string of the molecule is COCCNCC(=O)NCCC1CCN(C)CC1. The number of amides is 1. The van der Waals surface area contributed by atoms with Crippen LogP contribution in [0.4, 0.5) is 0 Å². The Labute approximate surface area is 110 Å². The smallest absolute Gasteiger partial charge is 0.233 e. The molecule has 0 atom stereocenters. The molecule has 1 rings (SSSR count). The molecule has 0 aromatic carbocycles. The number of carbonyl (C=O) groups is 1. The number of nitrogens with one attached hydrogen (secondary N) is 2. The zero-order chi connectivity index (χ0) is 13.2. The van der Waals surface area contributed by atoms with Gasteiger partial charge in [0, 0.05) is 20.2 Å². The van der Waals surface area contributed by atoms with E-state index in [1.165, 1.54) is 25.9 Å². The Bertz CT molecular complexity index is 228. The highest BCUT2D eigenvalue weighted by Gasteiger charge is 2.16. The normalized spacial score (nSPS) is 17.9. The van der Waals surface area contributed by atoms with Gasteiger partial charge >= 0.3 is 0 Å². The molecule has 1 aliphatic heterocycles. The molecular formula is C13H27N3O2. The molecule has 0 aliphatic carbocycles. The number of likely N-dealkylation sites (tertiary alicyclic amines) is 1. The van der Waals surface area contributed by atoms with Crippen LogP contribution in [-0.2, 0) is 9.53 Å². The largest absolute Gasteiger partial charge is 0.383 e. The van der Waals surface area contributed by atoms with Crippen LogP contribution >= 0.6 is 0 Å². The van der Waals surface area contributed by atoms with E-state index in [1.807, 2.05) is 0 Å². The lowest BCUT2D eigenvalue weighted by atomic mass is 9.94. The Hall–Kier alpha value is -0.650. The van der Waals surface area contributed by atoms with E-state index < -0.39 is 0 Å². The molecule has 0 aromatic heterocycles. The zero-order valence-electron chi connectivity index (χ0n) is 11.7. The number of piperidine rings is 1. The number of hydrogen-bond donors (Lipinski definition) is 2. The average molecular weight is 257 g/mol. The Balaban J connectivity index is 1.95. The van der Waals surface area contributed by atoms with Gasteiger partial charge in [-0.15, -0.1) is 0 Å². The highest BCUT2D eigenvalue weighted by molar-refractivity contribution is 5.77. The van der Waals surface area contributed by atoms with Crippen molar-refractivity contribution in [2.75, 3.05) is 53.5 Å². The molecule has 0 saturated carbocycles. The summed E-state index contributed by atoms with van der Waals surface area (Å²) in [6.07, 6.45) is 3.63. The van der Waals surface area contributed by atoms with Crippen molar-refractivity contribution in [1.29, 1.82) is 0 Å². The van der Waals surface area contributed by atoms with Gasteiger partial charge in [0.05, 0.1) is 13.2 Å². The Morgan fingerprint density at radius 3 is 2.72 bits per heavy atom. The zero-order valence-corrected chi connectivity index (χ0v) is 11.7. The summed E-state index contributed by atoms with van der Waals surface area (Å²) in [4.78, 5) is 13.8. The third-order valence-corrected chi connectivity index (χ3v) is 3.48. The van der Waals surface area contributed by atoms with Gasteiger partial charge in [0.2, 0.25) is 5.91 Å². The third-order valence-electron chi connectivity index (χ3n) is 3.48. The van der Waals surface area contributed by atoms with E-state index in [-0.39, 0.29) is 5.91 Å². The maximum Gasteiger partial charge on any atom is 0.233 e. The van der Waals surface area contributed by atoms with Gasteiger partial charge in [-0.05, 0) is 45.3 Å². The second-order valence-electron chi connectivity index (χ2n) is 5.05. The maximum absolute atomic E-state index is 11.5. The van der Waals surface area contributed by atoms with Crippen LogP contribution in [0.1, 0.15) is 19.3 Å². The van der Waals surface area contributed by atoms with Crippen LogP contribution in [0.5, 0.6) is 0 Å². The first-order chi connectivity index (χ1) is 8.72. The van der Waals surface area contributed by atoms with Gasteiger partial charge in [0.1, 0.15) is 0 Å². The van der Waals surface area contributed by atoms with Crippen LogP contribution in [-0.4, -0.2) is 64.3 Å². The van der Waals surface area contributed by atoms with Gasteiger partial charge < -0.3 is 20.3 Å². The number of carbonyl (C=O) groups excluding carboxylic acids is 1. The van der Waals surface area contributed by atoms with E-state index >= 15 is 0 Å². The van der Waals surface area contributed by atoms with Crippen LogP contribution in [0.25, 0.3) is 0 Å². The average Bonchev–Trinajstić information content (AvgIpc) is 2.37. The molecule has 106 valence electrons. The summed E-state index contributed by atoms with van der Waals surface area (Å²) in [6.45, 7) is 4.94. The van der Waals surface area contributed by atoms with Gasteiger partial charge in [-0.2, -0.15) is 0 Å². The molecule has 0 spiro atoms. The van der Waals surface area contributed by atoms with Crippen molar-refractivity contribution in [3.05, 3.63) is 0 Å². The first-order valence-electron chi connectivity index (χ1n) is 6.87. The van der Waals surface area contributed by atoms with Gasteiger partial charge in [-0.3, -0.25) is 4.79 Å². The molecule has 1 aliphatic rings. The number of methoxy groups -OCH3 is 1. The summed E-state index contributed by atoms with van der Waals surface area (Å²) in [6, 6.07) is 0. The van der Waals surface area contributed by atoms with Gasteiger partial charge in [-0.25, -0.2) is 0 Å². The molecule has 0 unspecified atom stereocenters. The lowest BCUT2D eigenvalue weighted by molar-refractivity contribution is -0.120. The van der Waals surface area contributed by atoms with Crippen molar-refractivity contribution in [3.63, 3.8) is 0 Å². The van der Waals surface area contributed by atoms with Crippen LogP contribution < -0.4 is 10.6 Å². The summed E-state index contributed by atoms with van der Waals surface area (Å²) < 4.78 is 4.89. The minimum Gasteiger partial charge on any atom is -0.383 e. The highest BCUT2D eigenvalue weighted by Crippen LogP contribution is 2.18. The van der Waals surface area contributed by atoms with E-state index in [0.717, 1.165) is 25.4 Å². The monoisotopic (exact) mass is 257 g/mol. The minimum atomic E-state index is 0.0824. The van der Waals surface area contributed by atoms with Crippen molar-refractivity contribution in [1.82, 2.24) is 15.5 Å². The Morgan fingerprint density at radius 1 is 1.33 bits per heavy atom. The molecule has 2 N–H and O–H groups in total. The van der Waals surface area contributed by atoms with Crippen LogP contribution in [0.3, 0.4) is 0 Å². The van der Waals surface area contributed by atoms with E-state index in [4.69, 9.17) is 4.74 Å². The fourth-order valence-corrected chi connectivity index (χ4v) is 2.21. The van der Waals surface area contributed by atoms with E-state index in [1.54, 1.807) is 7.11 Å². The summed E-state index contributed by atoms with van der Waals surface area (Å²) in [5, 5.41) is 6.00. The van der Waals surface area contributed by atoms with Gasteiger partial charge in [0.15, 0.2) is 0 Å². The molecule has 1 amide bonds. The predicted octanol–water partition coefficient (Wildman–Crippen LogP) is 0.0705. The van der Waals surface area contributed by atoms with E-state index in [2.05, 4.69) is 22.6 Å². The maximum atomic E-state index is 11.5. The first-order valence-corrected chi connectivity index (χ1v) is 6.87. The number of hydrogen-bond acceptors (Lipinski definition) is 4. The molecule has 1 heterocycles. The Kier molecular flexibility index (Phi) is 7.96. The van der Waals surface area contributed by atoms with Crippen molar-refractivity contribution in [2.45, 2.75) is 19.3 Å². The Morgan fingerprint density at radius 2 is 2.06 bits per heavy atom. The summed E-state index contributed by atoms with van der Waals surface area (Å²) >= 11 is 0. The topological polar surface area (TPSA) is 53.6 Å². The summed E-state index contributed by atoms with van der Waals surface area (Å²) in [7, 11) is 3.83. The van der Waals surface area contributed by atoms with Crippen LogP contribution in [0.2, 0.25) is 0 Å². The van der Waals surface area contributed by atoms with E-state index in [9.17, 15) is 4.79 Å². The molecule has 0 radical (unpaired) electrons. The number of nitrogens with zero attached hydrogens (tertiary/aromatic N) is 1. The molecule has 0 aromatic rings. The highest BCUT2D eigenvalue weighted by atomic mass is 16.5. The molecule has 18 heavy (non-hydrogen) atoms. The molecule has 0 bridgehead atoms. The number of ether oxygens (including phenoxy) is 1.